The number of nitrogens with zero attached hydrogens (tertiary/aromatic N) is 2. The predicted octanol–water partition coefficient (Wildman–Crippen LogP) is 5.51. The van der Waals surface area contributed by atoms with Crippen molar-refractivity contribution in [3.05, 3.63) is 93.2 Å². The van der Waals surface area contributed by atoms with Gasteiger partial charge in [0.1, 0.15) is 11.6 Å². The van der Waals surface area contributed by atoms with E-state index in [4.69, 9.17) is 0 Å². The number of aryl methyl sites for hydroxylation is 2. The van der Waals surface area contributed by atoms with E-state index in [0.717, 1.165) is 40.0 Å². The lowest BCUT2D eigenvalue weighted by Crippen LogP contribution is -2.25. The summed E-state index contributed by atoms with van der Waals surface area (Å²) >= 11 is 3.51. The molecule has 1 heterocycles. The Balaban J connectivity index is 1.70. The van der Waals surface area contributed by atoms with Crippen LogP contribution in [0.5, 0.6) is 0 Å². The van der Waals surface area contributed by atoms with Crippen LogP contribution in [0.3, 0.4) is 0 Å². The molecular weight excluding hydrogens is 438 g/mol. The van der Waals surface area contributed by atoms with Crippen LogP contribution in [0.2, 0.25) is 0 Å². The van der Waals surface area contributed by atoms with Crippen molar-refractivity contribution in [1.82, 2.24) is 9.88 Å². The number of amides is 1. The highest BCUT2D eigenvalue weighted by molar-refractivity contribution is 9.10. The van der Waals surface area contributed by atoms with E-state index in [2.05, 4.69) is 37.9 Å². The summed E-state index contributed by atoms with van der Waals surface area (Å²) in [4.78, 5) is 12.5. The SMILES string of the molecule is Cc1cc(/C=C(/C#N)C(=O)NCCCc2ccccc2)c(C)n1-c1cccc(Br)c1. The summed E-state index contributed by atoms with van der Waals surface area (Å²) in [5.74, 6) is -0.335. The number of halogens is 1. The van der Waals surface area contributed by atoms with Gasteiger partial charge in [0.15, 0.2) is 0 Å². The number of carbonyl (C=O) groups excluding carboxylic acids is 1. The highest BCUT2D eigenvalue weighted by Gasteiger charge is 2.13. The van der Waals surface area contributed by atoms with E-state index in [0.29, 0.717) is 6.54 Å². The Labute approximate surface area is 186 Å². The zero-order chi connectivity index (χ0) is 21.5. The molecule has 0 saturated heterocycles. The average molecular weight is 462 g/mol. The largest absolute Gasteiger partial charge is 0.351 e. The molecule has 5 heteroatoms. The highest BCUT2D eigenvalue weighted by Crippen LogP contribution is 2.24. The van der Waals surface area contributed by atoms with Crippen LogP contribution >= 0.6 is 15.9 Å². The number of hydrogen-bond donors (Lipinski definition) is 1. The average Bonchev–Trinajstić information content (AvgIpc) is 3.02. The molecule has 0 aliphatic heterocycles. The molecule has 0 fully saturated rings. The number of benzene rings is 2. The second kappa shape index (κ2) is 10.1. The monoisotopic (exact) mass is 461 g/mol. The molecule has 30 heavy (non-hydrogen) atoms. The second-order valence-corrected chi connectivity index (χ2v) is 8.07. The Kier molecular flexibility index (Phi) is 7.26. The van der Waals surface area contributed by atoms with Crippen molar-refractivity contribution in [3.63, 3.8) is 0 Å². The van der Waals surface area contributed by atoms with Crippen LogP contribution in [0.4, 0.5) is 0 Å². The molecule has 1 aromatic heterocycles. The summed E-state index contributed by atoms with van der Waals surface area (Å²) in [5.41, 5.74) is 5.27. The van der Waals surface area contributed by atoms with Crippen LogP contribution in [0.15, 0.2) is 70.7 Å². The molecule has 0 spiro atoms. The molecule has 1 N–H and O–H groups in total. The molecule has 0 atom stereocenters. The number of hydrogen-bond acceptors (Lipinski definition) is 2. The van der Waals surface area contributed by atoms with Crippen LogP contribution in [0.25, 0.3) is 11.8 Å². The third-order valence-corrected chi connectivity index (χ3v) is 5.47. The van der Waals surface area contributed by atoms with Crippen molar-refractivity contribution in [2.24, 2.45) is 0 Å². The van der Waals surface area contributed by atoms with Crippen molar-refractivity contribution in [1.29, 1.82) is 5.26 Å². The second-order valence-electron chi connectivity index (χ2n) is 7.16. The first-order valence-electron chi connectivity index (χ1n) is 9.88. The van der Waals surface area contributed by atoms with Crippen LogP contribution in [0, 0.1) is 25.2 Å². The van der Waals surface area contributed by atoms with Gasteiger partial charge in [-0.3, -0.25) is 4.79 Å². The fraction of sp³-hybridized carbons (Fsp3) is 0.200. The maximum absolute atomic E-state index is 12.5. The lowest BCUT2D eigenvalue weighted by atomic mass is 10.1. The molecule has 2 aromatic carbocycles. The van der Waals surface area contributed by atoms with Gasteiger partial charge in [-0.25, -0.2) is 0 Å². The number of aromatic nitrogens is 1. The Hall–Kier alpha value is -3.10. The van der Waals surface area contributed by atoms with Crippen molar-refractivity contribution in [2.75, 3.05) is 6.54 Å². The van der Waals surface area contributed by atoms with Gasteiger partial charge in [0.2, 0.25) is 0 Å². The molecule has 0 aliphatic rings. The number of rotatable bonds is 7. The van der Waals surface area contributed by atoms with Crippen molar-refractivity contribution in [2.45, 2.75) is 26.7 Å². The molecule has 3 rings (SSSR count). The Morgan fingerprint density at radius 3 is 2.60 bits per heavy atom. The minimum absolute atomic E-state index is 0.115. The van der Waals surface area contributed by atoms with Gasteiger partial charge in [0, 0.05) is 28.1 Å². The summed E-state index contributed by atoms with van der Waals surface area (Å²) < 4.78 is 3.11. The van der Waals surface area contributed by atoms with E-state index in [-0.39, 0.29) is 11.5 Å². The van der Waals surface area contributed by atoms with Crippen LogP contribution in [-0.2, 0) is 11.2 Å². The summed E-state index contributed by atoms with van der Waals surface area (Å²) in [7, 11) is 0. The fourth-order valence-corrected chi connectivity index (χ4v) is 3.87. The molecule has 0 saturated carbocycles. The van der Waals surface area contributed by atoms with Crippen LogP contribution < -0.4 is 5.32 Å². The van der Waals surface area contributed by atoms with Crippen LogP contribution in [0.1, 0.15) is 28.9 Å². The first-order chi connectivity index (χ1) is 14.5. The first-order valence-corrected chi connectivity index (χ1v) is 10.7. The van der Waals surface area contributed by atoms with Crippen molar-refractivity contribution in [3.8, 4) is 11.8 Å². The molecule has 0 aliphatic carbocycles. The molecule has 3 aromatic rings. The van der Waals surface area contributed by atoms with Gasteiger partial charge >= 0.3 is 0 Å². The molecule has 0 radical (unpaired) electrons. The molecule has 152 valence electrons. The molecular formula is C25H24BrN3O. The minimum atomic E-state index is -0.335. The Morgan fingerprint density at radius 1 is 1.13 bits per heavy atom. The topological polar surface area (TPSA) is 57.8 Å². The minimum Gasteiger partial charge on any atom is -0.351 e. The summed E-state index contributed by atoms with van der Waals surface area (Å²) in [6.45, 7) is 4.54. The van der Waals surface area contributed by atoms with Crippen LogP contribution in [-0.4, -0.2) is 17.0 Å². The number of nitrogens with one attached hydrogen (secondary N) is 1. The maximum atomic E-state index is 12.5. The maximum Gasteiger partial charge on any atom is 0.261 e. The van der Waals surface area contributed by atoms with Gasteiger partial charge in [-0.2, -0.15) is 5.26 Å². The number of nitriles is 1. The molecule has 0 unspecified atom stereocenters. The first kappa shape index (κ1) is 21.6. The summed E-state index contributed by atoms with van der Waals surface area (Å²) in [5, 5.41) is 12.4. The predicted molar refractivity (Wildman–Crippen MR) is 124 cm³/mol. The summed E-state index contributed by atoms with van der Waals surface area (Å²) in [6.07, 6.45) is 3.38. The van der Waals surface area contributed by atoms with Crippen molar-refractivity contribution < 1.29 is 4.79 Å². The Morgan fingerprint density at radius 2 is 1.90 bits per heavy atom. The van der Waals surface area contributed by atoms with Gasteiger partial charge < -0.3 is 9.88 Å². The van der Waals surface area contributed by atoms with E-state index in [1.165, 1.54) is 5.56 Å². The molecule has 4 nitrogen and oxygen atoms in total. The van der Waals surface area contributed by atoms with Gasteiger partial charge in [0.25, 0.3) is 5.91 Å². The third-order valence-electron chi connectivity index (χ3n) is 4.97. The lowest BCUT2D eigenvalue weighted by molar-refractivity contribution is -0.117. The molecule has 0 bridgehead atoms. The quantitative estimate of drug-likeness (QED) is 0.286. The zero-order valence-electron chi connectivity index (χ0n) is 17.2. The van der Waals surface area contributed by atoms with E-state index < -0.39 is 0 Å². The van der Waals surface area contributed by atoms with E-state index in [1.54, 1.807) is 6.08 Å². The van der Waals surface area contributed by atoms with Gasteiger partial charge in [0.05, 0.1) is 0 Å². The summed E-state index contributed by atoms with van der Waals surface area (Å²) in [6, 6.07) is 22.2. The number of carbonyl (C=O) groups is 1. The van der Waals surface area contributed by atoms with Gasteiger partial charge in [-0.05, 0) is 68.2 Å². The highest BCUT2D eigenvalue weighted by atomic mass is 79.9. The lowest BCUT2D eigenvalue weighted by Gasteiger charge is -2.10. The van der Waals surface area contributed by atoms with Crippen molar-refractivity contribution >= 4 is 27.9 Å². The smallest absolute Gasteiger partial charge is 0.261 e. The fourth-order valence-electron chi connectivity index (χ4n) is 3.48. The standard InChI is InChI=1S/C25H24BrN3O/c1-18-14-21(19(2)29(18)24-12-6-11-23(26)16-24)15-22(17-27)25(30)28-13-7-10-20-8-4-3-5-9-20/h3-6,8-9,11-12,14-16H,7,10,13H2,1-2H3,(H,28,30)/b22-15-. The zero-order valence-corrected chi connectivity index (χ0v) is 18.7. The third kappa shape index (κ3) is 5.28. The Bertz CT molecular complexity index is 1110. The molecule has 1 amide bonds. The van der Waals surface area contributed by atoms with Gasteiger partial charge in [-0.15, -0.1) is 0 Å². The normalized spacial score (nSPS) is 11.2. The van der Waals surface area contributed by atoms with Gasteiger partial charge in [-0.1, -0.05) is 52.3 Å². The van der Waals surface area contributed by atoms with E-state index in [1.807, 2.05) is 68.4 Å². The van der Waals surface area contributed by atoms with E-state index in [9.17, 15) is 10.1 Å². The van der Waals surface area contributed by atoms with E-state index >= 15 is 0 Å².